The van der Waals surface area contributed by atoms with Crippen LogP contribution < -0.4 is 5.73 Å². The summed E-state index contributed by atoms with van der Waals surface area (Å²) >= 11 is 11.8. The molecule has 0 saturated heterocycles. The molecule has 4 heteroatoms. The van der Waals surface area contributed by atoms with Crippen molar-refractivity contribution in [3.63, 3.8) is 0 Å². The van der Waals surface area contributed by atoms with E-state index in [1.54, 1.807) is 12.1 Å². The maximum absolute atomic E-state index is 5.98. The highest BCUT2D eigenvalue weighted by molar-refractivity contribution is 6.42. The van der Waals surface area contributed by atoms with Gasteiger partial charge >= 0.3 is 0 Å². The molecule has 1 nitrogen and oxygen atoms in total. The van der Waals surface area contributed by atoms with E-state index in [0.717, 1.165) is 5.56 Å². The molecule has 1 rings (SSSR count). The van der Waals surface area contributed by atoms with Gasteiger partial charge in [-0.3, -0.25) is 0 Å². The van der Waals surface area contributed by atoms with Gasteiger partial charge in [0.05, 0.1) is 10.0 Å². The van der Waals surface area contributed by atoms with Crippen molar-refractivity contribution >= 4 is 35.6 Å². The lowest BCUT2D eigenvalue weighted by Gasteiger charge is -2.11. The van der Waals surface area contributed by atoms with Gasteiger partial charge < -0.3 is 5.73 Å². The Balaban J connectivity index is 0.00000169. The number of hydrogen-bond acceptors (Lipinski definition) is 1. The van der Waals surface area contributed by atoms with Crippen molar-refractivity contribution in [2.24, 2.45) is 5.73 Å². The van der Waals surface area contributed by atoms with Gasteiger partial charge in [0.25, 0.3) is 0 Å². The molecule has 14 heavy (non-hydrogen) atoms. The van der Waals surface area contributed by atoms with Crippen LogP contribution in [0.4, 0.5) is 0 Å². The van der Waals surface area contributed by atoms with Gasteiger partial charge in [-0.2, -0.15) is 0 Å². The second-order valence-corrected chi connectivity index (χ2v) is 3.56. The zero-order valence-corrected chi connectivity index (χ0v) is 9.87. The summed E-state index contributed by atoms with van der Waals surface area (Å²) in [5.74, 6) is 0. The van der Waals surface area contributed by atoms with E-state index in [1.807, 2.05) is 12.1 Å². The Morgan fingerprint density at radius 3 is 2.64 bits per heavy atom. The second-order valence-electron chi connectivity index (χ2n) is 2.77. The third kappa shape index (κ3) is 3.18. The van der Waals surface area contributed by atoms with Crippen molar-refractivity contribution in [2.45, 2.75) is 12.5 Å². The Kier molecular flexibility index (Phi) is 6.21. The van der Waals surface area contributed by atoms with Crippen LogP contribution in [0.1, 0.15) is 18.0 Å². The predicted molar refractivity (Wildman–Crippen MR) is 65.5 cm³/mol. The van der Waals surface area contributed by atoms with Gasteiger partial charge in [-0.25, -0.2) is 0 Å². The van der Waals surface area contributed by atoms with E-state index < -0.39 is 0 Å². The normalized spacial score (nSPS) is 11.6. The van der Waals surface area contributed by atoms with E-state index in [2.05, 4.69) is 6.58 Å². The maximum atomic E-state index is 5.98. The first kappa shape index (κ1) is 13.8. The standard InChI is InChI=1S/C10H11Cl2N.ClH/c1-2-4-9(13)7-5-3-6-8(11)10(7)12;/h2-3,5-6,9H,1,4,13H2;1H/t9-;/m1./s1. The molecule has 78 valence electrons. The zero-order valence-electron chi connectivity index (χ0n) is 7.54. The Morgan fingerprint density at radius 1 is 1.43 bits per heavy atom. The summed E-state index contributed by atoms with van der Waals surface area (Å²) in [4.78, 5) is 0. The van der Waals surface area contributed by atoms with Crippen molar-refractivity contribution in [2.75, 3.05) is 0 Å². The van der Waals surface area contributed by atoms with Crippen molar-refractivity contribution in [3.8, 4) is 0 Å². The van der Waals surface area contributed by atoms with Gasteiger partial charge in [0.15, 0.2) is 0 Å². The summed E-state index contributed by atoms with van der Waals surface area (Å²) in [6.45, 7) is 3.62. The van der Waals surface area contributed by atoms with E-state index in [-0.39, 0.29) is 18.4 Å². The molecule has 0 aromatic heterocycles. The molecule has 1 aromatic carbocycles. The van der Waals surface area contributed by atoms with Crippen LogP contribution in [0.5, 0.6) is 0 Å². The molecular weight excluding hydrogens is 240 g/mol. The smallest absolute Gasteiger partial charge is 0.0640 e. The molecule has 0 aliphatic rings. The molecule has 0 radical (unpaired) electrons. The van der Waals surface area contributed by atoms with Crippen molar-refractivity contribution in [1.29, 1.82) is 0 Å². The minimum absolute atomic E-state index is 0. The third-order valence-corrected chi connectivity index (χ3v) is 2.64. The van der Waals surface area contributed by atoms with Crippen molar-refractivity contribution in [1.82, 2.24) is 0 Å². The molecule has 0 unspecified atom stereocenters. The average Bonchev–Trinajstić information content (AvgIpc) is 2.10. The number of rotatable bonds is 3. The molecule has 0 saturated carbocycles. The Bertz CT molecular complexity index is 312. The fraction of sp³-hybridized carbons (Fsp3) is 0.200. The molecule has 0 fully saturated rings. The summed E-state index contributed by atoms with van der Waals surface area (Å²) in [7, 11) is 0. The predicted octanol–water partition coefficient (Wildman–Crippen LogP) is 3.99. The number of hydrogen-bond donors (Lipinski definition) is 1. The van der Waals surface area contributed by atoms with Crippen LogP contribution >= 0.6 is 35.6 Å². The quantitative estimate of drug-likeness (QED) is 0.809. The summed E-state index contributed by atoms with van der Waals surface area (Å²) in [5, 5.41) is 1.08. The van der Waals surface area contributed by atoms with Gasteiger partial charge in [-0.05, 0) is 18.1 Å². The summed E-state index contributed by atoms with van der Waals surface area (Å²) in [6.07, 6.45) is 2.46. The molecule has 0 bridgehead atoms. The lowest BCUT2D eigenvalue weighted by molar-refractivity contribution is 0.742. The Morgan fingerprint density at radius 2 is 2.07 bits per heavy atom. The lowest BCUT2D eigenvalue weighted by atomic mass is 10.1. The van der Waals surface area contributed by atoms with Crippen LogP contribution in [0.25, 0.3) is 0 Å². The van der Waals surface area contributed by atoms with E-state index in [9.17, 15) is 0 Å². The van der Waals surface area contributed by atoms with Crippen LogP contribution in [-0.4, -0.2) is 0 Å². The largest absolute Gasteiger partial charge is 0.324 e. The minimum atomic E-state index is -0.122. The maximum Gasteiger partial charge on any atom is 0.0640 e. The zero-order chi connectivity index (χ0) is 9.84. The van der Waals surface area contributed by atoms with Gasteiger partial charge in [0, 0.05) is 6.04 Å². The highest BCUT2D eigenvalue weighted by Crippen LogP contribution is 2.30. The van der Waals surface area contributed by atoms with E-state index in [1.165, 1.54) is 0 Å². The monoisotopic (exact) mass is 251 g/mol. The molecule has 0 spiro atoms. The van der Waals surface area contributed by atoms with Gasteiger partial charge in [-0.1, -0.05) is 41.4 Å². The van der Waals surface area contributed by atoms with E-state index in [4.69, 9.17) is 28.9 Å². The first-order chi connectivity index (χ1) is 6.16. The number of halogens is 3. The topological polar surface area (TPSA) is 26.0 Å². The average molecular weight is 253 g/mol. The second kappa shape index (κ2) is 6.31. The molecule has 0 aliphatic heterocycles. The fourth-order valence-corrected chi connectivity index (χ4v) is 1.56. The molecular formula is C10H12Cl3N. The molecule has 0 aliphatic carbocycles. The molecule has 1 aromatic rings. The molecule has 1 atom stereocenters. The first-order valence-electron chi connectivity index (χ1n) is 3.97. The molecule has 2 N–H and O–H groups in total. The molecule has 0 heterocycles. The first-order valence-corrected chi connectivity index (χ1v) is 4.72. The lowest BCUT2D eigenvalue weighted by Crippen LogP contribution is -2.09. The Labute approximate surface area is 100 Å². The van der Waals surface area contributed by atoms with Gasteiger partial charge in [0.2, 0.25) is 0 Å². The third-order valence-electron chi connectivity index (χ3n) is 1.80. The van der Waals surface area contributed by atoms with Crippen LogP contribution in [-0.2, 0) is 0 Å². The van der Waals surface area contributed by atoms with Gasteiger partial charge in [-0.15, -0.1) is 19.0 Å². The van der Waals surface area contributed by atoms with Crippen LogP contribution in [0.2, 0.25) is 10.0 Å². The highest BCUT2D eigenvalue weighted by atomic mass is 35.5. The highest BCUT2D eigenvalue weighted by Gasteiger charge is 2.10. The number of benzene rings is 1. The van der Waals surface area contributed by atoms with Crippen LogP contribution in [0, 0.1) is 0 Å². The summed E-state index contributed by atoms with van der Waals surface area (Å²) in [6, 6.07) is 5.34. The SMILES string of the molecule is C=CC[C@@H](N)c1cccc(Cl)c1Cl.Cl. The van der Waals surface area contributed by atoms with E-state index in [0.29, 0.717) is 16.5 Å². The fourth-order valence-electron chi connectivity index (χ4n) is 1.11. The van der Waals surface area contributed by atoms with Crippen molar-refractivity contribution in [3.05, 3.63) is 46.5 Å². The van der Waals surface area contributed by atoms with Gasteiger partial charge in [0.1, 0.15) is 0 Å². The summed E-state index contributed by atoms with van der Waals surface area (Å²) in [5.41, 5.74) is 6.73. The summed E-state index contributed by atoms with van der Waals surface area (Å²) < 4.78 is 0. The van der Waals surface area contributed by atoms with Crippen molar-refractivity contribution < 1.29 is 0 Å². The number of nitrogens with two attached hydrogens (primary N) is 1. The molecule has 0 amide bonds. The minimum Gasteiger partial charge on any atom is -0.324 e. The Hall–Kier alpha value is -0.210. The van der Waals surface area contributed by atoms with Crippen LogP contribution in [0.3, 0.4) is 0 Å². The van der Waals surface area contributed by atoms with Crippen LogP contribution in [0.15, 0.2) is 30.9 Å². The van der Waals surface area contributed by atoms with E-state index >= 15 is 0 Å².